The van der Waals surface area contributed by atoms with Gasteiger partial charge in [-0.25, -0.2) is 0 Å². The lowest BCUT2D eigenvalue weighted by molar-refractivity contribution is 0.0954. The molecule has 1 amide bonds. The smallest absolute Gasteiger partial charge is 0.251 e. The van der Waals surface area contributed by atoms with Gasteiger partial charge in [-0.2, -0.15) is 0 Å². The van der Waals surface area contributed by atoms with Gasteiger partial charge >= 0.3 is 0 Å². The highest BCUT2D eigenvalue weighted by molar-refractivity contribution is 7.79. The first-order valence-electron chi connectivity index (χ1n) is 6.19. The third kappa shape index (κ3) is 3.76. The van der Waals surface area contributed by atoms with Gasteiger partial charge in [0, 0.05) is 17.0 Å². The Hall–Kier alpha value is -1.98. The fourth-order valence-electron chi connectivity index (χ4n) is 1.88. The van der Waals surface area contributed by atoms with E-state index in [9.17, 15) is 13.6 Å². The molecule has 1 N–H and O–H groups in total. The molecule has 104 valence electrons. The summed E-state index contributed by atoms with van der Waals surface area (Å²) < 4.78 is 22.1. The number of nitrogens with one attached hydrogen (secondary N) is 1. The Bertz CT molecular complexity index is 614. The van der Waals surface area contributed by atoms with Gasteiger partial charge in [0.05, 0.1) is 0 Å². The zero-order chi connectivity index (χ0) is 14.4. The summed E-state index contributed by atoms with van der Waals surface area (Å²) in [5, 5.41) is 2.77. The average molecular weight is 288 g/mol. The predicted molar refractivity (Wildman–Crippen MR) is 76.1 cm³/mol. The van der Waals surface area contributed by atoms with Gasteiger partial charge in [-0.05, 0) is 41.3 Å². The van der Waals surface area contributed by atoms with Crippen LogP contribution in [-0.4, -0.2) is 21.2 Å². The molecule has 0 bridgehead atoms. The summed E-state index contributed by atoms with van der Waals surface area (Å²) in [5.74, 6) is -0.161. The summed E-state index contributed by atoms with van der Waals surface area (Å²) in [7, 11) is 0. The summed E-state index contributed by atoms with van der Waals surface area (Å²) >= 11 is -2.25. The summed E-state index contributed by atoms with van der Waals surface area (Å²) in [6.45, 7) is 0.391. The molecule has 0 aliphatic rings. The third-order valence-corrected chi connectivity index (χ3v) is 3.63. The maximum Gasteiger partial charge on any atom is 0.251 e. The SMILES string of the molecule is O=C(NCCc1ccccc1S(=O)[O-])c1ccccc1. The van der Waals surface area contributed by atoms with E-state index in [0.29, 0.717) is 24.1 Å². The van der Waals surface area contributed by atoms with E-state index in [1.165, 1.54) is 0 Å². The monoisotopic (exact) mass is 288 g/mol. The van der Waals surface area contributed by atoms with Gasteiger partial charge in [-0.3, -0.25) is 9.00 Å². The van der Waals surface area contributed by atoms with Crippen molar-refractivity contribution in [1.82, 2.24) is 5.32 Å². The standard InChI is InChI=1S/C15H15NO3S/c17-15(13-7-2-1-3-8-13)16-11-10-12-6-4-5-9-14(12)20(18)19/h1-9H,10-11H2,(H,16,17)(H,18,19)/p-1. The van der Waals surface area contributed by atoms with E-state index >= 15 is 0 Å². The van der Waals surface area contributed by atoms with Crippen molar-refractivity contribution in [3.63, 3.8) is 0 Å². The van der Waals surface area contributed by atoms with E-state index in [-0.39, 0.29) is 10.8 Å². The molecule has 0 aliphatic carbocycles. The number of rotatable bonds is 5. The molecule has 1 atom stereocenters. The molecular formula is C15H14NO3S-. The zero-order valence-electron chi connectivity index (χ0n) is 10.7. The van der Waals surface area contributed by atoms with Crippen LogP contribution >= 0.6 is 0 Å². The minimum Gasteiger partial charge on any atom is -0.768 e. The molecular weight excluding hydrogens is 274 g/mol. The van der Waals surface area contributed by atoms with Crippen molar-refractivity contribution in [3.05, 3.63) is 65.7 Å². The van der Waals surface area contributed by atoms with Crippen LogP contribution in [0.25, 0.3) is 0 Å². The van der Waals surface area contributed by atoms with Gasteiger partial charge in [-0.15, -0.1) is 0 Å². The van der Waals surface area contributed by atoms with E-state index in [0.717, 1.165) is 0 Å². The first-order chi connectivity index (χ1) is 9.68. The molecule has 0 aliphatic heterocycles. The first-order valence-corrected chi connectivity index (χ1v) is 7.26. The predicted octanol–water partition coefficient (Wildman–Crippen LogP) is 1.90. The molecule has 0 radical (unpaired) electrons. The van der Waals surface area contributed by atoms with Crippen LogP contribution in [0.2, 0.25) is 0 Å². The third-order valence-electron chi connectivity index (χ3n) is 2.87. The summed E-state index contributed by atoms with van der Waals surface area (Å²) in [6, 6.07) is 15.7. The molecule has 2 aromatic carbocycles. The number of hydrogen-bond acceptors (Lipinski definition) is 3. The van der Waals surface area contributed by atoms with Crippen LogP contribution in [0.5, 0.6) is 0 Å². The van der Waals surface area contributed by atoms with E-state index < -0.39 is 11.1 Å². The second-order valence-corrected chi connectivity index (χ2v) is 5.12. The largest absolute Gasteiger partial charge is 0.768 e. The van der Waals surface area contributed by atoms with Gasteiger partial charge in [0.1, 0.15) is 0 Å². The molecule has 0 saturated heterocycles. The maximum absolute atomic E-state index is 11.8. The summed E-state index contributed by atoms with van der Waals surface area (Å²) in [4.78, 5) is 12.1. The number of hydrogen-bond donors (Lipinski definition) is 1. The molecule has 20 heavy (non-hydrogen) atoms. The molecule has 0 saturated carbocycles. The van der Waals surface area contributed by atoms with Crippen LogP contribution in [0.4, 0.5) is 0 Å². The van der Waals surface area contributed by atoms with Crippen molar-refractivity contribution in [2.75, 3.05) is 6.54 Å². The fraction of sp³-hybridized carbons (Fsp3) is 0.133. The highest BCUT2D eigenvalue weighted by Crippen LogP contribution is 2.12. The van der Waals surface area contributed by atoms with Crippen LogP contribution in [0.1, 0.15) is 15.9 Å². The van der Waals surface area contributed by atoms with Gasteiger partial charge < -0.3 is 9.87 Å². The average Bonchev–Trinajstić information content (AvgIpc) is 2.48. The molecule has 0 heterocycles. The Morgan fingerprint density at radius 3 is 2.40 bits per heavy atom. The van der Waals surface area contributed by atoms with Crippen molar-refractivity contribution >= 4 is 17.0 Å². The summed E-state index contributed by atoms with van der Waals surface area (Å²) in [5.41, 5.74) is 1.29. The lowest BCUT2D eigenvalue weighted by Gasteiger charge is -2.12. The molecule has 0 fully saturated rings. The number of carbonyl (C=O) groups excluding carboxylic acids is 1. The minimum absolute atomic E-state index is 0.161. The van der Waals surface area contributed by atoms with Gasteiger partial charge in [0.25, 0.3) is 5.91 Å². The van der Waals surface area contributed by atoms with Crippen molar-refractivity contribution in [3.8, 4) is 0 Å². The lowest BCUT2D eigenvalue weighted by atomic mass is 10.1. The highest BCUT2D eigenvalue weighted by atomic mass is 32.2. The van der Waals surface area contributed by atoms with E-state index in [2.05, 4.69) is 5.32 Å². The molecule has 1 unspecified atom stereocenters. The minimum atomic E-state index is -2.25. The molecule has 2 aromatic rings. The molecule has 5 heteroatoms. The maximum atomic E-state index is 11.8. The van der Waals surface area contributed by atoms with Gasteiger partial charge in [0.15, 0.2) is 0 Å². The van der Waals surface area contributed by atoms with Crippen LogP contribution < -0.4 is 5.32 Å². The second kappa shape index (κ2) is 6.98. The Morgan fingerprint density at radius 1 is 1.05 bits per heavy atom. The van der Waals surface area contributed by atoms with Crippen LogP contribution in [0, 0.1) is 0 Å². The van der Waals surface area contributed by atoms with Crippen molar-refractivity contribution < 1.29 is 13.6 Å². The van der Waals surface area contributed by atoms with Crippen molar-refractivity contribution in [2.24, 2.45) is 0 Å². The van der Waals surface area contributed by atoms with E-state index in [1.807, 2.05) is 6.07 Å². The molecule has 0 spiro atoms. The Balaban J connectivity index is 1.94. The quantitative estimate of drug-likeness (QED) is 0.854. The van der Waals surface area contributed by atoms with E-state index in [4.69, 9.17) is 0 Å². The Kier molecular flexibility index (Phi) is 5.03. The number of amides is 1. The fourth-order valence-corrected chi connectivity index (χ4v) is 2.45. The Morgan fingerprint density at radius 2 is 1.70 bits per heavy atom. The van der Waals surface area contributed by atoms with Crippen molar-refractivity contribution in [1.29, 1.82) is 0 Å². The summed E-state index contributed by atoms with van der Waals surface area (Å²) in [6.07, 6.45) is 0.475. The van der Waals surface area contributed by atoms with E-state index in [1.54, 1.807) is 48.5 Å². The zero-order valence-corrected chi connectivity index (χ0v) is 11.6. The lowest BCUT2D eigenvalue weighted by Crippen LogP contribution is -2.25. The van der Waals surface area contributed by atoms with Crippen LogP contribution in [0.3, 0.4) is 0 Å². The molecule has 0 aromatic heterocycles. The highest BCUT2D eigenvalue weighted by Gasteiger charge is 2.05. The normalized spacial score (nSPS) is 11.8. The van der Waals surface area contributed by atoms with Crippen molar-refractivity contribution in [2.45, 2.75) is 11.3 Å². The number of benzene rings is 2. The van der Waals surface area contributed by atoms with Crippen LogP contribution in [-0.2, 0) is 17.5 Å². The van der Waals surface area contributed by atoms with Gasteiger partial charge in [-0.1, -0.05) is 36.4 Å². The topological polar surface area (TPSA) is 69.2 Å². The van der Waals surface area contributed by atoms with Gasteiger partial charge in [0.2, 0.25) is 0 Å². The Labute approximate surface area is 120 Å². The number of carbonyl (C=O) groups is 1. The first kappa shape index (κ1) is 14.4. The molecule has 2 rings (SSSR count). The van der Waals surface area contributed by atoms with Crippen LogP contribution in [0.15, 0.2) is 59.5 Å². The second-order valence-electron chi connectivity index (χ2n) is 4.21. The molecule has 4 nitrogen and oxygen atoms in total.